The van der Waals surface area contributed by atoms with Crippen LogP contribution in [0.5, 0.6) is 5.75 Å². The number of nitrogens with one attached hydrogen (secondary N) is 1. The summed E-state index contributed by atoms with van der Waals surface area (Å²) >= 11 is 0. The van der Waals surface area contributed by atoms with Crippen LogP contribution in [0.4, 0.5) is 17.6 Å². The van der Waals surface area contributed by atoms with E-state index in [-0.39, 0.29) is 8.03 Å². The van der Waals surface area contributed by atoms with Crippen molar-refractivity contribution in [2.24, 2.45) is 5.41 Å². The van der Waals surface area contributed by atoms with E-state index in [1.807, 2.05) is 0 Å². The maximum atomic E-state index is 15.0. The summed E-state index contributed by atoms with van der Waals surface area (Å²) in [5.74, 6) is -0.894. The Kier molecular flexibility index (Phi) is 6.39. The van der Waals surface area contributed by atoms with E-state index in [4.69, 9.17) is 9.47 Å². The molecule has 0 bridgehead atoms. The molecule has 5 nitrogen and oxygen atoms in total. The van der Waals surface area contributed by atoms with Crippen molar-refractivity contribution in [2.45, 2.75) is 64.0 Å². The number of benzene rings is 1. The number of esters is 1. The Balaban J connectivity index is 0.00000408. The number of allylic oxidation sites excluding steroid dienone is 3. The van der Waals surface area contributed by atoms with Gasteiger partial charge in [0.15, 0.2) is 11.3 Å². The number of ether oxygens (including phenoxy) is 2. The summed E-state index contributed by atoms with van der Waals surface area (Å²) in [4.78, 5) is 24.5. The fraction of sp³-hybridized carbons (Fsp3) is 0.500. The van der Waals surface area contributed by atoms with Gasteiger partial charge in [0, 0.05) is 13.9 Å². The Morgan fingerprint density at radius 2 is 1.85 bits per heavy atom. The van der Waals surface area contributed by atoms with E-state index in [1.165, 1.54) is 0 Å². The van der Waals surface area contributed by atoms with Gasteiger partial charge in [0.2, 0.25) is 0 Å². The Labute approximate surface area is 191 Å². The molecule has 3 unspecified atom stereocenters. The van der Waals surface area contributed by atoms with E-state index >= 15 is 4.39 Å². The van der Waals surface area contributed by atoms with Crippen LogP contribution in [-0.4, -0.2) is 42.0 Å². The van der Waals surface area contributed by atoms with Crippen LogP contribution in [0, 0.1) is 5.41 Å². The quantitative estimate of drug-likeness (QED) is 0.435. The number of amides is 1. The lowest BCUT2D eigenvalue weighted by atomic mass is 9.90. The summed E-state index contributed by atoms with van der Waals surface area (Å²) in [6, 6.07) is 6.35. The van der Waals surface area contributed by atoms with Gasteiger partial charge in [0.05, 0.1) is 12.2 Å². The van der Waals surface area contributed by atoms with Gasteiger partial charge in [0.25, 0.3) is 5.91 Å². The summed E-state index contributed by atoms with van der Waals surface area (Å²) < 4.78 is 65.7. The molecule has 0 radical (unpaired) electrons. The van der Waals surface area contributed by atoms with E-state index in [1.54, 1.807) is 52.0 Å². The summed E-state index contributed by atoms with van der Waals surface area (Å²) in [5, 5.41) is 2.59. The third-order valence-electron chi connectivity index (χ3n) is 5.91. The van der Waals surface area contributed by atoms with E-state index in [9.17, 15) is 22.8 Å². The van der Waals surface area contributed by atoms with Gasteiger partial charge in [-0.2, -0.15) is 13.2 Å². The van der Waals surface area contributed by atoms with Gasteiger partial charge >= 0.3 is 12.1 Å². The molecule has 1 amide bonds. The van der Waals surface area contributed by atoms with E-state index < -0.39 is 52.8 Å². The molecular formula is C24H29F4NO4. The van der Waals surface area contributed by atoms with Gasteiger partial charge in [-0.25, -0.2) is 9.18 Å². The van der Waals surface area contributed by atoms with Crippen molar-refractivity contribution in [1.82, 2.24) is 5.32 Å². The molecule has 0 aromatic heterocycles. The van der Waals surface area contributed by atoms with Crippen LogP contribution in [0.1, 0.15) is 41.1 Å². The van der Waals surface area contributed by atoms with Gasteiger partial charge in [-0.3, -0.25) is 4.79 Å². The van der Waals surface area contributed by atoms with Crippen molar-refractivity contribution in [1.29, 1.82) is 0 Å². The summed E-state index contributed by atoms with van der Waals surface area (Å²) in [7, 11) is 0. The van der Waals surface area contributed by atoms with Crippen molar-refractivity contribution in [3.63, 3.8) is 0 Å². The molecule has 182 valence electrons. The second-order valence-corrected chi connectivity index (χ2v) is 8.94. The Bertz CT molecular complexity index is 990. The third kappa shape index (κ3) is 4.63. The van der Waals surface area contributed by atoms with Crippen LogP contribution in [0.3, 0.4) is 0 Å². The van der Waals surface area contributed by atoms with Gasteiger partial charge in [-0.15, -0.1) is 0 Å². The minimum atomic E-state index is -4.77. The molecule has 1 saturated carbocycles. The zero-order valence-electron chi connectivity index (χ0n) is 18.9. The SMILES string of the molecule is CCOC(=O)C(C)(C)Oc1ccc(CC(C)NC(=O)C2=CC=CC3(C(F)(F)F)CC23F)cc1.[HH]. The smallest absolute Gasteiger partial charge is 0.401 e. The summed E-state index contributed by atoms with van der Waals surface area (Å²) in [6.07, 6.45) is -2.20. The highest BCUT2D eigenvalue weighted by Gasteiger charge is 2.82. The first-order chi connectivity index (χ1) is 15.3. The van der Waals surface area contributed by atoms with E-state index in [0.717, 1.165) is 23.8 Å². The number of hydrogen-bond donors (Lipinski definition) is 1. The summed E-state index contributed by atoms with van der Waals surface area (Å²) in [6.45, 7) is 6.81. The van der Waals surface area contributed by atoms with Crippen LogP contribution >= 0.6 is 0 Å². The van der Waals surface area contributed by atoms with Crippen LogP contribution in [0.2, 0.25) is 0 Å². The Morgan fingerprint density at radius 3 is 2.42 bits per heavy atom. The monoisotopic (exact) mass is 471 g/mol. The first-order valence-electron chi connectivity index (χ1n) is 10.7. The zero-order chi connectivity index (χ0) is 24.7. The molecule has 9 heteroatoms. The molecule has 0 spiro atoms. The Morgan fingerprint density at radius 1 is 1.21 bits per heavy atom. The number of alkyl halides is 4. The van der Waals surface area contributed by atoms with Crippen molar-refractivity contribution in [3.8, 4) is 5.75 Å². The normalized spacial score (nSPS) is 24.9. The predicted octanol–water partition coefficient (Wildman–Crippen LogP) is 4.86. The molecule has 33 heavy (non-hydrogen) atoms. The highest BCUT2D eigenvalue weighted by molar-refractivity contribution is 5.98. The maximum absolute atomic E-state index is 15.0. The average molecular weight is 471 g/mol. The topological polar surface area (TPSA) is 64.6 Å². The number of rotatable bonds is 8. The van der Waals surface area contributed by atoms with Crippen molar-refractivity contribution in [3.05, 3.63) is 53.6 Å². The average Bonchev–Trinajstić information content (AvgIpc) is 3.37. The highest BCUT2D eigenvalue weighted by atomic mass is 19.4. The number of carbonyl (C=O) groups excluding carboxylic acids is 2. The van der Waals surface area contributed by atoms with Crippen LogP contribution < -0.4 is 10.1 Å². The standard InChI is InChI=1S/C24H27F4NO4.H2/c1-5-32-20(31)21(3,4)33-17-10-8-16(9-11-17)13-15(2)29-19(30)18-7-6-12-22(24(26,27)28)14-23(18,22)25;/h6-12,15H,5,13-14H2,1-4H3,(H,29,30);1H. The molecule has 1 aromatic rings. The molecule has 2 aliphatic carbocycles. The molecule has 0 aliphatic heterocycles. The van der Waals surface area contributed by atoms with Gasteiger partial charge in [0.1, 0.15) is 11.2 Å². The molecule has 3 rings (SSSR count). The molecule has 0 saturated heterocycles. The first kappa shape index (κ1) is 24.8. The lowest BCUT2D eigenvalue weighted by molar-refractivity contribution is -0.182. The molecule has 0 heterocycles. The van der Waals surface area contributed by atoms with Crippen LogP contribution in [0.15, 0.2) is 48.1 Å². The van der Waals surface area contributed by atoms with Crippen molar-refractivity contribution < 1.29 is 38.1 Å². The van der Waals surface area contributed by atoms with Crippen molar-refractivity contribution >= 4 is 11.9 Å². The third-order valence-corrected chi connectivity index (χ3v) is 5.91. The van der Waals surface area contributed by atoms with Crippen molar-refractivity contribution in [2.75, 3.05) is 6.61 Å². The van der Waals surface area contributed by atoms with E-state index in [0.29, 0.717) is 12.2 Å². The van der Waals surface area contributed by atoms with Gasteiger partial charge in [-0.1, -0.05) is 30.4 Å². The fourth-order valence-corrected chi connectivity index (χ4v) is 4.02. The molecule has 3 atom stereocenters. The number of carbonyl (C=O) groups is 2. The number of hydrogen-bond acceptors (Lipinski definition) is 4. The minimum Gasteiger partial charge on any atom is -0.476 e. The minimum absolute atomic E-state index is 0. The summed E-state index contributed by atoms with van der Waals surface area (Å²) in [5.41, 5.74) is -6.20. The first-order valence-corrected chi connectivity index (χ1v) is 10.7. The van der Waals surface area contributed by atoms with Crippen LogP contribution in [0.25, 0.3) is 0 Å². The van der Waals surface area contributed by atoms with Crippen LogP contribution in [-0.2, 0) is 20.7 Å². The molecule has 2 aliphatic rings. The number of fused-ring (bicyclic) bond motifs is 1. The maximum Gasteiger partial charge on any atom is 0.401 e. The van der Waals surface area contributed by atoms with Gasteiger partial charge < -0.3 is 14.8 Å². The van der Waals surface area contributed by atoms with Gasteiger partial charge in [-0.05, 0) is 51.8 Å². The Hall–Kier alpha value is -2.84. The highest BCUT2D eigenvalue weighted by Crippen LogP contribution is 2.72. The zero-order valence-corrected chi connectivity index (χ0v) is 18.9. The largest absolute Gasteiger partial charge is 0.476 e. The molecule has 1 aromatic carbocycles. The van der Waals surface area contributed by atoms with E-state index in [2.05, 4.69) is 5.32 Å². The predicted molar refractivity (Wildman–Crippen MR) is 115 cm³/mol. The molecule has 1 N–H and O–H groups in total. The fourth-order valence-electron chi connectivity index (χ4n) is 4.02. The lowest BCUT2D eigenvalue weighted by Gasteiger charge is -2.25. The molecular weight excluding hydrogens is 442 g/mol. The lowest BCUT2D eigenvalue weighted by Crippen LogP contribution is -2.41. The number of halogens is 4. The second kappa shape index (κ2) is 8.50. The molecule has 1 fully saturated rings. The second-order valence-electron chi connectivity index (χ2n) is 8.94.